The molecule has 0 saturated heterocycles. The third kappa shape index (κ3) is 4.61. The van der Waals surface area contributed by atoms with E-state index in [9.17, 15) is 5.11 Å². The minimum atomic E-state index is -0.472. The SMILES string of the molecule is CCOCC(O)CSc1ccc(Cl)cc1N. The van der Waals surface area contributed by atoms with Gasteiger partial charge in [0.1, 0.15) is 0 Å². The van der Waals surface area contributed by atoms with Gasteiger partial charge in [-0.05, 0) is 25.1 Å². The number of thioether (sulfide) groups is 1. The summed E-state index contributed by atoms with van der Waals surface area (Å²) in [6.45, 7) is 2.87. The largest absolute Gasteiger partial charge is 0.398 e. The Hall–Kier alpha value is -0.420. The molecule has 0 aliphatic heterocycles. The minimum absolute atomic E-state index is 0.358. The van der Waals surface area contributed by atoms with Crippen molar-refractivity contribution in [1.29, 1.82) is 0 Å². The van der Waals surface area contributed by atoms with Crippen LogP contribution in [0.4, 0.5) is 5.69 Å². The van der Waals surface area contributed by atoms with Gasteiger partial charge in [-0.15, -0.1) is 11.8 Å². The van der Waals surface area contributed by atoms with Crippen molar-refractivity contribution in [2.75, 3.05) is 24.7 Å². The maximum Gasteiger partial charge on any atom is 0.0867 e. The van der Waals surface area contributed by atoms with Crippen molar-refractivity contribution in [3.8, 4) is 0 Å². The number of ether oxygens (including phenoxy) is 1. The van der Waals surface area contributed by atoms with Crippen LogP contribution in [0.1, 0.15) is 6.92 Å². The van der Waals surface area contributed by atoms with Gasteiger partial charge in [0.25, 0.3) is 0 Å². The highest BCUT2D eigenvalue weighted by molar-refractivity contribution is 7.99. The normalized spacial score (nSPS) is 12.7. The maximum absolute atomic E-state index is 9.57. The van der Waals surface area contributed by atoms with Gasteiger partial charge in [-0.25, -0.2) is 0 Å². The Bertz CT molecular complexity index is 336. The van der Waals surface area contributed by atoms with Crippen LogP contribution in [-0.4, -0.2) is 30.2 Å². The van der Waals surface area contributed by atoms with Crippen molar-refractivity contribution >= 4 is 29.1 Å². The summed E-state index contributed by atoms with van der Waals surface area (Å²) in [6, 6.07) is 5.35. The molecule has 1 atom stereocenters. The second-order valence-electron chi connectivity index (χ2n) is 3.31. The Morgan fingerprint density at radius 2 is 2.31 bits per heavy atom. The second-order valence-corrected chi connectivity index (χ2v) is 4.80. The molecule has 0 radical (unpaired) electrons. The van der Waals surface area contributed by atoms with Gasteiger partial charge < -0.3 is 15.6 Å². The Labute approximate surface area is 105 Å². The highest BCUT2D eigenvalue weighted by atomic mass is 35.5. The molecule has 16 heavy (non-hydrogen) atoms. The molecule has 0 saturated carbocycles. The number of nitrogens with two attached hydrogens (primary N) is 1. The van der Waals surface area contributed by atoms with Crippen molar-refractivity contribution in [3.05, 3.63) is 23.2 Å². The number of aliphatic hydroxyl groups is 1. The summed E-state index contributed by atoms with van der Waals surface area (Å²) >= 11 is 7.29. The molecule has 1 aromatic carbocycles. The molecule has 5 heteroatoms. The molecular weight excluding hydrogens is 246 g/mol. The summed E-state index contributed by atoms with van der Waals surface area (Å²) in [6.07, 6.45) is -0.472. The fourth-order valence-corrected chi connectivity index (χ4v) is 2.18. The summed E-state index contributed by atoms with van der Waals surface area (Å²) in [5, 5.41) is 10.2. The van der Waals surface area contributed by atoms with E-state index in [1.165, 1.54) is 11.8 Å². The fraction of sp³-hybridized carbons (Fsp3) is 0.455. The third-order valence-electron chi connectivity index (χ3n) is 1.92. The maximum atomic E-state index is 9.57. The predicted octanol–water partition coefficient (Wildman–Crippen LogP) is 2.41. The molecule has 0 heterocycles. The molecule has 0 amide bonds. The average Bonchev–Trinajstić information content (AvgIpc) is 2.25. The molecule has 0 aliphatic carbocycles. The van der Waals surface area contributed by atoms with E-state index in [0.717, 1.165) is 4.90 Å². The van der Waals surface area contributed by atoms with E-state index in [1.54, 1.807) is 12.1 Å². The van der Waals surface area contributed by atoms with Crippen LogP contribution in [0, 0.1) is 0 Å². The number of hydrogen-bond acceptors (Lipinski definition) is 4. The van der Waals surface area contributed by atoms with Crippen molar-refractivity contribution < 1.29 is 9.84 Å². The summed E-state index contributed by atoms with van der Waals surface area (Å²) < 4.78 is 5.12. The van der Waals surface area contributed by atoms with Crippen LogP contribution in [-0.2, 0) is 4.74 Å². The van der Waals surface area contributed by atoms with Gasteiger partial charge in [-0.1, -0.05) is 11.6 Å². The van der Waals surface area contributed by atoms with Gasteiger partial charge in [0.05, 0.1) is 12.7 Å². The van der Waals surface area contributed by atoms with E-state index in [4.69, 9.17) is 22.1 Å². The number of hydrogen-bond donors (Lipinski definition) is 2. The monoisotopic (exact) mass is 261 g/mol. The molecule has 3 nitrogen and oxygen atoms in total. The van der Waals surface area contributed by atoms with Crippen LogP contribution in [0.15, 0.2) is 23.1 Å². The first-order chi connectivity index (χ1) is 7.63. The summed E-state index contributed by atoms with van der Waals surface area (Å²) in [5.74, 6) is 0.561. The van der Waals surface area contributed by atoms with Crippen LogP contribution in [0.3, 0.4) is 0 Å². The summed E-state index contributed by atoms with van der Waals surface area (Å²) in [5.41, 5.74) is 6.43. The Morgan fingerprint density at radius 1 is 1.56 bits per heavy atom. The standard InChI is InChI=1S/C11H16ClNO2S/c1-2-15-6-9(14)7-16-11-4-3-8(12)5-10(11)13/h3-5,9,14H,2,6-7,13H2,1H3. The van der Waals surface area contributed by atoms with Crippen molar-refractivity contribution in [2.24, 2.45) is 0 Å². The first kappa shape index (κ1) is 13.6. The lowest BCUT2D eigenvalue weighted by Gasteiger charge is -2.11. The van der Waals surface area contributed by atoms with Gasteiger partial charge in [0.15, 0.2) is 0 Å². The molecule has 0 fully saturated rings. The lowest BCUT2D eigenvalue weighted by molar-refractivity contribution is 0.0551. The molecule has 0 aromatic heterocycles. The number of aliphatic hydroxyl groups excluding tert-OH is 1. The van der Waals surface area contributed by atoms with E-state index in [0.29, 0.717) is 29.7 Å². The molecule has 0 bridgehead atoms. The lowest BCUT2D eigenvalue weighted by atomic mass is 10.3. The van der Waals surface area contributed by atoms with Crippen molar-refractivity contribution in [1.82, 2.24) is 0 Å². The Kier molecular flexibility index (Phi) is 5.98. The van der Waals surface area contributed by atoms with Crippen molar-refractivity contribution in [3.63, 3.8) is 0 Å². The van der Waals surface area contributed by atoms with Crippen LogP contribution in [0.2, 0.25) is 5.02 Å². The Morgan fingerprint density at radius 3 is 2.94 bits per heavy atom. The van der Waals surface area contributed by atoms with Gasteiger partial charge in [0, 0.05) is 28.0 Å². The molecule has 0 spiro atoms. The molecule has 1 rings (SSSR count). The topological polar surface area (TPSA) is 55.5 Å². The highest BCUT2D eigenvalue weighted by Crippen LogP contribution is 2.27. The van der Waals surface area contributed by atoms with Gasteiger partial charge in [-0.3, -0.25) is 0 Å². The zero-order valence-electron chi connectivity index (χ0n) is 9.15. The fourth-order valence-electron chi connectivity index (χ4n) is 1.14. The highest BCUT2D eigenvalue weighted by Gasteiger charge is 2.07. The number of nitrogen functional groups attached to an aromatic ring is 1. The number of anilines is 1. The van der Waals surface area contributed by atoms with E-state index >= 15 is 0 Å². The number of rotatable bonds is 6. The molecule has 1 unspecified atom stereocenters. The predicted molar refractivity (Wildman–Crippen MR) is 69.1 cm³/mol. The summed E-state index contributed by atoms with van der Waals surface area (Å²) in [7, 11) is 0. The van der Waals surface area contributed by atoms with E-state index in [-0.39, 0.29) is 0 Å². The van der Waals surface area contributed by atoms with Crippen molar-refractivity contribution in [2.45, 2.75) is 17.9 Å². The van der Waals surface area contributed by atoms with Gasteiger partial charge in [-0.2, -0.15) is 0 Å². The number of halogens is 1. The molecular formula is C11H16ClNO2S. The van der Waals surface area contributed by atoms with E-state index < -0.39 is 6.10 Å². The zero-order valence-corrected chi connectivity index (χ0v) is 10.7. The third-order valence-corrected chi connectivity index (χ3v) is 3.39. The zero-order chi connectivity index (χ0) is 12.0. The van der Waals surface area contributed by atoms with Gasteiger partial charge in [0.2, 0.25) is 0 Å². The smallest absolute Gasteiger partial charge is 0.0867 e. The molecule has 1 aromatic rings. The molecule has 3 N–H and O–H groups in total. The van der Waals surface area contributed by atoms with Crippen LogP contribution in [0.5, 0.6) is 0 Å². The van der Waals surface area contributed by atoms with Crippen LogP contribution < -0.4 is 5.73 Å². The quantitative estimate of drug-likeness (QED) is 0.610. The van der Waals surface area contributed by atoms with Crippen LogP contribution >= 0.6 is 23.4 Å². The van der Waals surface area contributed by atoms with E-state index in [2.05, 4.69) is 0 Å². The lowest BCUT2D eigenvalue weighted by Crippen LogP contribution is -2.17. The van der Waals surface area contributed by atoms with E-state index in [1.807, 2.05) is 13.0 Å². The molecule has 90 valence electrons. The minimum Gasteiger partial charge on any atom is -0.398 e. The number of benzene rings is 1. The first-order valence-electron chi connectivity index (χ1n) is 5.07. The average molecular weight is 262 g/mol. The second kappa shape index (κ2) is 7.01. The first-order valence-corrected chi connectivity index (χ1v) is 6.43. The molecule has 0 aliphatic rings. The summed E-state index contributed by atoms with van der Waals surface area (Å²) in [4.78, 5) is 0.931. The van der Waals surface area contributed by atoms with Gasteiger partial charge >= 0.3 is 0 Å². The Balaban J connectivity index is 2.42. The van der Waals surface area contributed by atoms with Crippen LogP contribution in [0.25, 0.3) is 0 Å².